The lowest BCUT2D eigenvalue weighted by molar-refractivity contribution is 0.103. The summed E-state index contributed by atoms with van der Waals surface area (Å²) >= 11 is -1.37. The zero-order valence-electron chi connectivity index (χ0n) is 12.0. The van der Waals surface area contributed by atoms with E-state index < -0.39 is 22.8 Å². The van der Waals surface area contributed by atoms with Crippen molar-refractivity contribution < 1.29 is 18.5 Å². The molecule has 116 valence electrons. The molecule has 8 heteroatoms. The van der Waals surface area contributed by atoms with Gasteiger partial charge in [-0.25, -0.2) is 4.39 Å². The summed E-state index contributed by atoms with van der Waals surface area (Å²) in [5, 5.41) is 0.0581. The highest BCUT2D eigenvalue weighted by atomic mass is 32.2. The molecule has 2 rings (SSSR count). The summed E-state index contributed by atoms with van der Waals surface area (Å²) < 4.78 is 30.0. The second kappa shape index (κ2) is 6.71. The number of hydrogen-bond donors (Lipinski definition) is 1. The molecule has 1 atom stereocenters. The third-order valence-corrected chi connectivity index (χ3v) is 4.04. The van der Waals surface area contributed by atoms with Crippen molar-refractivity contribution in [3.05, 3.63) is 41.3 Å². The van der Waals surface area contributed by atoms with E-state index in [0.717, 1.165) is 6.07 Å². The van der Waals surface area contributed by atoms with Gasteiger partial charge in [0.25, 0.3) is 0 Å². The average molecular weight is 323 g/mol. The van der Waals surface area contributed by atoms with Gasteiger partial charge in [0.1, 0.15) is 23.1 Å². The van der Waals surface area contributed by atoms with Gasteiger partial charge in [-0.15, -0.1) is 0 Å². The van der Waals surface area contributed by atoms with Crippen LogP contribution in [-0.4, -0.2) is 33.2 Å². The van der Waals surface area contributed by atoms with Crippen molar-refractivity contribution in [1.29, 1.82) is 0 Å². The highest BCUT2D eigenvalue weighted by molar-refractivity contribution is 7.91. The molecule has 0 aliphatic rings. The minimum Gasteiger partial charge on any atom is -0.609 e. The molecule has 1 heterocycles. The molecule has 0 fully saturated rings. The van der Waals surface area contributed by atoms with Gasteiger partial charge in [-0.1, -0.05) is 0 Å². The average Bonchev–Trinajstić information content (AvgIpc) is 2.53. The number of nitrogens with zero attached hydrogens (tertiary/aromatic N) is 2. The van der Waals surface area contributed by atoms with Crippen LogP contribution in [0.1, 0.15) is 22.8 Å². The van der Waals surface area contributed by atoms with Crippen LogP contribution in [0.5, 0.6) is 5.75 Å². The fourth-order valence-electron chi connectivity index (χ4n) is 1.79. The van der Waals surface area contributed by atoms with Crippen molar-refractivity contribution in [1.82, 2.24) is 9.97 Å². The van der Waals surface area contributed by atoms with Crippen LogP contribution in [0.15, 0.2) is 29.6 Å². The van der Waals surface area contributed by atoms with Crippen LogP contribution in [0.25, 0.3) is 0 Å². The predicted octanol–water partition coefficient (Wildman–Crippen LogP) is 1.56. The van der Waals surface area contributed by atoms with Gasteiger partial charge in [-0.2, -0.15) is 9.97 Å². The molecule has 0 saturated heterocycles. The molecule has 1 unspecified atom stereocenters. The quantitative estimate of drug-likeness (QED) is 0.509. The SMILES string of the molecule is CC[S+]([O-])c1ncc(C(=O)c2cc(F)ccc2OC)c(N)n1. The maximum absolute atomic E-state index is 13.4. The smallest absolute Gasteiger partial charge is 0.344 e. The summed E-state index contributed by atoms with van der Waals surface area (Å²) in [6.45, 7) is 1.71. The summed E-state index contributed by atoms with van der Waals surface area (Å²) in [5.41, 5.74) is 5.76. The molecular weight excluding hydrogens is 309 g/mol. The molecule has 0 aliphatic carbocycles. The van der Waals surface area contributed by atoms with Crippen LogP contribution in [-0.2, 0) is 11.2 Å². The monoisotopic (exact) mass is 323 g/mol. The number of carbonyl (C=O) groups is 1. The number of carbonyl (C=O) groups excluding carboxylic acids is 1. The minimum atomic E-state index is -1.37. The summed E-state index contributed by atoms with van der Waals surface area (Å²) in [6, 6.07) is 3.59. The zero-order valence-corrected chi connectivity index (χ0v) is 12.8. The van der Waals surface area contributed by atoms with Crippen LogP contribution in [0.4, 0.5) is 10.2 Å². The van der Waals surface area contributed by atoms with E-state index in [0.29, 0.717) is 5.75 Å². The van der Waals surface area contributed by atoms with Gasteiger partial charge < -0.3 is 15.0 Å². The number of rotatable bonds is 5. The van der Waals surface area contributed by atoms with Gasteiger partial charge in [0.05, 0.1) is 18.2 Å². The van der Waals surface area contributed by atoms with E-state index in [9.17, 15) is 13.7 Å². The number of ketones is 1. The van der Waals surface area contributed by atoms with Crippen molar-refractivity contribution in [3.8, 4) is 5.75 Å². The minimum absolute atomic E-state index is 0.000697. The molecule has 0 bridgehead atoms. The second-order valence-electron chi connectivity index (χ2n) is 4.26. The third kappa shape index (κ3) is 3.18. The number of ether oxygens (including phenoxy) is 1. The molecule has 2 N–H and O–H groups in total. The van der Waals surface area contributed by atoms with Gasteiger partial charge in [0.2, 0.25) is 5.78 Å². The summed E-state index contributed by atoms with van der Waals surface area (Å²) in [4.78, 5) is 20.2. The first-order chi connectivity index (χ1) is 10.5. The Morgan fingerprint density at radius 2 is 2.18 bits per heavy atom. The number of anilines is 1. The molecule has 0 saturated carbocycles. The van der Waals surface area contributed by atoms with Gasteiger partial charge >= 0.3 is 5.16 Å². The van der Waals surface area contributed by atoms with Crippen LogP contribution in [0.2, 0.25) is 0 Å². The van der Waals surface area contributed by atoms with E-state index >= 15 is 0 Å². The molecule has 0 amide bonds. The van der Waals surface area contributed by atoms with Gasteiger partial charge in [0.15, 0.2) is 0 Å². The summed E-state index contributed by atoms with van der Waals surface area (Å²) in [5.74, 6) is -0.699. The highest BCUT2D eigenvalue weighted by Gasteiger charge is 2.22. The molecule has 22 heavy (non-hydrogen) atoms. The Hall–Kier alpha value is -2.19. The van der Waals surface area contributed by atoms with E-state index in [1.807, 2.05) is 0 Å². The van der Waals surface area contributed by atoms with Crippen molar-refractivity contribution in [3.63, 3.8) is 0 Å². The Labute approximate surface area is 129 Å². The van der Waals surface area contributed by atoms with Crippen molar-refractivity contribution in [2.24, 2.45) is 0 Å². The topological polar surface area (TPSA) is 101 Å². The molecule has 0 aliphatic heterocycles. The number of methoxy groups -OCH3 is 1. The maximum Gasteiger partial charge on any atom is 0.344 e. The Bertz CT molecular complexity index is 712. The van der Waals surface area contributed by atoms with Crippen LogP contribution in [0, 0.1) is 5.82 Å². The number of nitrogens with two attached hydrogens (primary N) is 1. The first-order valence-electron chi connectivity index (χ1n) is 6.37. The number of halogens is 1. The molecule has 6 nitrogen and oxygen atoms in total. The Morgan fingerprint density at radius 1 is 1.45 bits per heavy atom. The molecular formula is C14H14FN3O3S. The normalized spacial score (nSPS) is 12.0. The first-order valence-corrected chi connectivity index (χ1v) is 7.69. The van der Waals surface area contributed by atoms with E-state index in [1.165, 1.54) is 25.4 Å². The second-order valence-corrected chi connectivity index (χ2v) is 5.89. The molecule has 1 aromatic heterocycles. The van der Waals surface area contributed by atoms with Crippen LogP contribution < -0.4 is 10.5 Å². The molecule has 2 aromatic rings. The maximum atomic E-state index is 13.4. The highest BCUT2D eigenvalue weighted by Crippen LogP contribution is 2.24. The lowest BCUT2D eigenvalue weighted by Gasteiger charge is -2.10. The third-order valence-electron chi connectivity index (χ3n) is 2.91. The lowest BCUT2D eigenvalue weighted by Crippen LogP contribution is -2.14. The van der Waals surface area contributed by atoms with E-state index in [4.69, 9.17) is 10.5 Å². The zero-order chi connectivity index (χ0) is 16.3. The number of nitrogen functional groups attached to an aromatic ring is 1. The van der Waals surface area contributed by atoms with E-state index in [2.05, 4.69) is 9.97 Å². The van der Waals surface area contributed by atoms with Crippen molar-refractivity contribution in [2.45, 2.75) is 12.1 Å². The standard InChI is InChI=1S/C14H14FN3O3S/c1-3-22(20)14-17-7-10(13(16)18-14)12(19)9-6-8(15)4-5-11(9)21-2/h4-7H,3H2,1-2H3,(H2,16,17,18). The van der Waals surface area contributed by atoms with Crippen molar-refractivity contribution >= 4 is 22.8 Å². The van der Waals surface area contributed by atoms with Crippen LogP contribution in [0.3, 0.4) is 0 Å². The fourth-order valence-corrected chi connectivity index (χ4v) is 2.42. The largest absolute Gasteiger partial charge is 0.609 e. The molecule has 0 spiro atoms. The molecule has 0 radical (unpaired) electrons. The van der Waals surface area contributed by atoms with Crippen molar-refractivity contribution in [2.75, 3.05) is 18.6 Å². The van der Waals surface area contributed by atoms with Crippen LogP contribution >= 0.6 is 0 Å². The summed E-state index contributed by atoms with van der Waals surface area (Å²) in [6.07, 6.45) is 1.19. The predicted molar refractivity (Wildman–Crippen MR) is 79.8 cm³/mol. The lowest BCUT2D eigenvalue weighted by atomic mass is 10.0. The summed E-state index contributed by atoms with van der Waals surface area (Å²) in [7, 11) is 1.37. The molecule has 1 aromatic carbocycles. The fraction of sp³-hybridized carbons (Fsp3) is 0.214. The number of benzene rings is 1. The van der Waals surface area contributed by atoms with E-state index in [1.54, 1.807) is 6.92 Å². The van der Waals surface area contributed by atoms with Gasteiger partial charge in [-0.3, -0.25) is 4.79 Å². The van der Waals surface area contributed by atoms with E-state index in [-0.39, 0.29) is 27.9 Å². The first kappa shape index (κ1) is 16.2. The number of aromatic nitrogens is 2. The Kier molecular flexibility index (Phi) is 4.94. The van der Waals surface area contributed by atoms with Gasteiger partial charge in [0, 0.05) is 17.4 Å². The Balaban J connectivity index is 2.44. The van der Waals surface area contributed by atoms with Gasteiger partial charge in [-0.05, 0) is 25.1 Å². The number of hydrogen-bond acceptors (Lipinski definition) is 6. The Morgan fingerprint density at radius 3 is 2.77 bits per heavy atom.